The van der Waals surface area contributed by atoms with Crippen LogP contribution in [0.2, 0.25) is 0 Å². The van der Waals surface area contributed by atoms with Crippen molar-refractivity contribution in [3.05, 3.63) is 37.0 Å². The zero-order chi connectivity index (χ0) is 22.0. The Balaban J connectivity index is 0.000000447. The maximum Gasteiger partial charge on any atom is 0.219 e. The molecule has 2 aliphatic carbocycles. The van der Waals surface area contributed by atoms with Crippen molar-refractivity contribution in [2.45, 2.75) is 72.3 Å². The van der Waals surface area contributed by atoms with E-state index in [0.29, 0.717) is 5.92 Å². The smallest absolute Gasteiger partial charge is 0.219 e. The molecule has 2 fully saturated rings. The second-order valence-electron chi connectivity index (χ2n) is 8.96. The highest BCUT2D eigenvalue weighted by Crippen LogP contribution is 2.47. The Morgan fingerprint density at radius 2 is 1.76 bits per heavy atom. The summed E-state index contributed by atoms with van der Waals surface area (Å²) >= 11 is 0. The lowest BCUT2D eigenvalue weighted by Crippen LogP contribution is -2.39. The molecule has 2 saturated carbocycles. The van der Waals surface area contributed by atoms with E-state index in [4.69, 9.17) is 5.11 Å². The van der Waals surface area contributed by atoms with Crippen LogP contribution in [-0.4, -0.2) is 40.9 Å². The fraction of sp³-hybridized carbons (Fsp3) is 0.680. The third kappa shape index (κ3) is 9.58. The van der Waals surface area contributed by atoms with Crippen molar-refractivity contribution in [1.29, 1.82) is 0 Å². The minimum atomic E-state index is -0.355. The molecule has 0 heterocycles. The third-order valence-corrected chi connectivity index (χ3v) is 6.26. The minimum Gasteiger partial charge on any atom is -0.389 e. The first-order valence-electron chi connectivity index (χ1n) is 11.1. The van der Waals surface area contributed by atoms with Gasteiger partial charge in [-0.15, -0.1) is 0 Å². The molecule has 0 aliphatic heterocycles. The fourth-order valence-corrected chi connectivity index (χ4v) is 4.65. The van der Waals surface area contributed by atoms with Gasteiger partial charge in [-0.05, 0) is 75.7 Å². The zero-order valence-electron chi connectivity index (χ0n) is 18.9. The van der Waals surface area contributed by atoms with Crippen LogP contribution in [0.3, 0.4) is 0 Å². The Bertz CT molecular complexity index is 593. The van der Waals surface area contributed by atoms with E-state index in [1.807, 2.05) is 6.92 Å². The van der Waals surface area contributed by atoms with Crippen molar-refractivity contribution in [2.24, 2.45) is 23.7 Å². The maximum atomic E-state index is 11.7. The second kappa shape index (κ2) is 12.8. The Morgan fingerprint density at radius 3 is 2.24 bits per heavy atom. The summed E-state index contributed by atoms with van der Waals surface area (Å²) in [6, 6.07) is 0. The molecule has 0 spiro atoms. The van der Waals surface area contributed by atoms with Gasteiger partial charge in [-0.1, -0.05) is 44.2 Å². The molecule has 29 heavy (non-hydrogen) atoms. The van der Waals surface area contributed by atoms with Crippen LogP contribution in [0.5, 0.6) is 0 Å². The molecule has 2 rings (SSSR count). The van der Waals surface area contributed by atoms with Gasteiger partial charge in [0.15, 0.2) is 5.78 Å². The molecular formula is C25H41NO3. The highest BCUT2D eigenvalue weighted by atomic mass is 16.3. The molecule has 5 unspecified atom stereocenters. The van der Waals surface area contributed by atoms with Crippen LogP contribution in [0.15, 0.2) is 37.0 Å². The van der Waals surface area contributed by atoms with Crippen molar-refractivity contribution >= 4 is 11.7 Å². The van der Waals surface area contributed by atoms with Gasteiger partial charge < -0.3 is 10.0 Å². The van der Waals surface area contributed by atoms with Crippen LogP contribution in [0.4, 0.5) is 0 Å². The predicted molar refractivity (Wildman–Crippen MR) is 120 cm³/mol. The topological polar surface area (TPSA) is 57.6 Å². The van der Waals surface area contributed by atoms with Crippen molar-refractivity contribution in [1.82, 2.24) is 4.90 Å². The number of ketones is 1. The summed E-state index contributed by atoms with van der Waals surface area (Å²) in [4.78, 5) is 25.0. The van der Waals surface area contributed by atoms with Gasteiger partial charge >= 0.3 is 0 Å². The lowest BCUT2D eigenvalue weighted by molar-refractivity contribution is -0.133. The van der Waals surface area contributed by atoms with Crippen LogP contribution in [0, 0.1) is 23.7 Å². The van der Waals surface area contributed by atoms with E-state index >= 15 is 0 Å². The summed E-state index contributed by atoms with van der Waals surface area (Å²) in [7, 11) is 0. The molecule has 0 saturated heterocycles. The molecular weight excluding hydrogens is 362 g/mol. The molecule has 164 valence electrons. The van der Waals surface area contributed by atoms with Gasteiger partial charge in [0.1, 0.15) is 0 Å². The van der Waals surface area contributed by atoms with Gasteiger partial charge in [0.05, 0.1) is 12.6 Å². The molecule has 5 atom stereocenters. The molecule has 0 aromatic carbocycles. The van der Waals surface area contributed by atoms with Crippen LogP contribution in [0.25, 0.3) is 0 Å². The number of rotatable bonds is 8. The number of carbonyl (C=O) groups is 2. The molecule has 2 aliphatic rings. The van der Waals surface area contributed by atoms with Crippen molar-refractivity contribution in [2.75, 3.05) is 13.1 Å². The summed E-state index contributed by atoms with van der Waals surface area (Å²) in [5, 5.41) is 8.67. The Kier molecular flexibility index (Phi) is 11.2. The van der Waals surface area contributed by atoms with E-state index in [1.165, 1.54) is 44.6 Å². The summed E-state index contributed by atoms with van der Waals surface area (Å²) in [6.07, 6.45) is 12.3. The third-order valence-electron chi connectivity index (χ3n) is 6.26. The molecule has 0 radical (unpaired) electrons. The molecule has 4 nitrogen and oxygen atoms in total. The lowest BCUT2D eigenvalue weighted by Gasteiger charge is -2.34. The molecule has 1 N–H and O–H groups in total. The fourth-order valence-electron chi connectivity index (χ4n) is 4.65. The van der Waals surface area contributed by atoms with Crippen LogP contribution in [0.1, 0.15) is 66.2 Å². The van der Waals surface area contributed by atoms with Crippen LogP contribution in [-0.2, 0) is 9.59 Å². The molecule has 0 bridgehead atoms. The van der Waals surface area contributed by atoms with Gasteiger partial charge in [0.2, 0.25) is 5.91 Å². The predicted octanol–water partition coefficient (Wildman–Crippen LogP) is 4.94. The summed E-state index contributed by atoms with van der Waals surface area (Å²) in [5.41, 5.74) is 0.964. The van der Waals surface area contributed by atoms with Crippen molar-refractivity contribution in [3.8, 4) is 0 Å². The van der Waals surface area contributed by atoms with Gasteiger partial charge in [0.25, 0.3) is 0 Å². The monoisotopic (exact) mass is 403 g/mol. The van der Waals surface area contributed by atoms with E-state index in [1.54, 1.807) is 30.9 Å². The number of nitrogens with zero attached hydrogens (tertiary/aromatic N) is 1. The SMILES string of the molecule is C=C(C)/C=C\C(C)O.C=CC(=O)CN(CC1CCC2CC(CC)CC2C1)C(C)=O. The maximum absolute atomic E-state index is 11.7. The number of hydrogen-bond acceptors (Lipinski definition) is 3. The van der Waals surface area contributed by atoms with Gasteiger partial charge in [-0.25, -0.2) is 0 Å². The normalized spacial score (nSPS) is 26.8. The largest absolute Gasteiger partial charge is 0.389 e. The second-order valence-corrected chi connectivity index (χ2v) is 8.96. The van der Waals surface area contributed by atoms with E-state index < -0.39 is 0 Å². The van der Waals surface area contributed by atoms with Gasteiger partial charge in [-0.3, -0.25) is 9.59 Å². The van der Waals surface area contributed by atoms with Crippen molar-refractivity contribution < 1.29 is 14.7 Å². The minimum absolute atomic E-state index is 0.00480. The van der Waals surface area contributed by atoms with Crippen molar-refractivity contribution in [3.63, 3.8) is 0 Å². The highest BCUT2D eigenvalue weighted by molar-refractivity contribution is 5.93. The number of aliphatic hydroxyl groups excluding tert-OH is 1. The number of hydrogen-bond donors (Lipinski definition) is 1. The van der Waals surface area contributed by atoms with E-state index in [0.717, 1.165) is 29.9 Å². The quantitative estimate of drug-likeness (QED) is 0.461. The molecule has 4 heteroatoms. The summed E-state index contributed by atoms with van der Waals surface area (Å²) in [5.74, 6) is 3.22. The summed E-state index contributed by atoms with van der Waals surface area (Å²) < 4.78 is 0. The number of aliphatic hydroxyl groups is 1. The average Bonchev–Trinajstić information content (AvgIpc) is 3.08. The first-order chi connectivity index (χ1) is 13.7. The zero-order valence-corrected chi connectivity index (χ0v) is 18.9. The number of amides is 1. The van der Waals surface area contributed by atoms with Gasteiger partial charge in [0, 0.05) is 13.5 Å². The average molecular weight is 404 g/mol. The Morgan fingerprint density at radius 1 is 1.14 bits per heavy atom. The molecule has 0 aromatic rings. The highest BCUT2D eigenvalue weighted by Gasteiger charge is 2.38. The van der Waals surface area contributed by atoms with E-state index in [2.05, 4.69) is 20.1 Å². The molecule has 0 aromatic heterocycles. The summed E-state index contributed by atoms with van der Waals surface area (Å²) in [6.45, 7) is 15.5. The van der Waals surface area contributed by atoms with E-state index in [-0.39, 0.29) is 24.3 Å². The first kappa shape index (κ1) is 25.4. The number of fused-ring (bicyclic) bond motifs is 1. The van der Waals surface area contributed by atoms with E-state index in [9.17, 15) is 9.59 Å². The number of carbonyl (C=O) groups excluding carboxylic acids is 2. The van der Waals surface area contributed by atoms with Crippen LogP contribution < -0.4 is 0 Å². The van der Waals surface area contributed by atoms with Gasteiger partial charge in [-0.2, -0.15) is 0 Å². The number of allylic oxidation sites excluding steroid dienone is 2. The van der Waals surface area contributed by atoms with Crippen LogP contribution >= 0.6 is 0 Å². The standard InChI is InChI=1S/C18H29NO2.C7H12O/c1-4-14-8-16-7-6-15(10-17(16)9-14)11-19(13(3)20)12-18(21)5-2;1-6(2)4-5-7(3)8/h5,14-17H,2,4,6-12H2,1,3H3;4-5,7-8H,1H2,2-3H3/b;5-4-. The lowest BCUT2D eigenvalue weighted by atomic mass is 9.75. The first-order valence-corrected chi connectivity index (χ1v) is 11.1. The Hall–Kier alpha value is -1.68. The molecule has 1 amide bonds. The Labute approximate surface area is 177 Å².